The molecule has 3 unspecified atom stereocenters. The highest BCUT2D eigenvalue weighted by atomic mass is 16.5. The summed E-state index contributed by atoms with van der Waals surface area (Å²) < 4.78 is 5.30. The van der Waals surface area contributed by atoms with Crippen LogP contribution >= 0.6 is 0 Å². The Morgan fingerprint density at radius 2 is 2.00 bits per heavy atom. The fourth-order valence-electron chi connectivity index (χ4n) is 2.61. The van der Waals surface area contributed by atoms with Crippen LogP contribution in [-0.4, -0.2) is 35.7 Å². The number of hydrogen-bond donors (Lipinski definition) is 2. The van der Waals surface area contributed by atoms with E-state index in [-0.39, 0.29) is 23.7 Å². The maximum absolute atomic E-state index is 12.2. The summed E-state index contributed by atoms with van der Waals surface area (Å²) >= 11 is 0. The molecule has 5 heteroatoms. The molecule has 2 rings (SSSR count). The number of rotatable bonds is 4. The molecule has 1 aliphatic heterocycles. The van der Waals surface area contributed by atoms with Gasteiger partial charge in [-0.15, -0.1) is 0 Å². The van der Waals surface area contributed by atoms with Gasteiger partial charge in [0.25, 0.3) is 0 Å². The van der Waals surface area contributed by atoms with E-state index in [1.807, 2.05) is 6.92 Å². The summed E-state index contributed by atoms with van der Waals surface area (Å²) in [6.45, 7) is 4.74. The molecule has 1 saturated heterocycles. The van der Waals surface area contributed by atoms with Crippen LogP contribution in [0.4, 0.5) is 0 Å². The zero-order chi connectivity index (χ0) is 13.3. The first-order valence-electron chi connectivity index (χ1n) is 6.58. The number of carboxylic acid groups (broad SMARTS) is 1. The Bertz CT molecular complexity index is 353. The molecule has 0 aromatic carbocycles. The lowest BCUT2D eigenvalue weighted by Crippen LogP contribution is -2.56. The number of amides is 1. The minimum Gasteiger partial charge on any atom is -0.480 e. The van der Waals surface area contributed by atoms with Crippen molar-refractivity contribution < 1.29 is 19.4 Å². The van der Waals surface area contributed by atoms with Gasteiger partial charge in [-0.25, -0.2) is 4.79 Å². The maximum Gasteiger partial charge on any atom is 0.329 e. The van der Waals surface area contributed by atoms with E-state index in [2.05, 4.69) is 5.32 Å². The third kappa shape index (κ3) is 2.51. The third-order valence-electron chi connectivity index (χ3n) is 4.20. The van der Waals surface area contributed by atoms with Crippen LogP contribution in [0.3, 0.4) is 0 Å². The molecule has 102 valence electrons. The predicted octanol–water partition coefficient (Wildman–Crippen LogP) is 1.03. The molecular weight excluding hydrogens is 234 g/mol. The van der Waals surface area contributed by atoms with Crippen molar-refractivity contribution >= 4 is 11.9 Å². The number of hydrogen-bond acceptors (Lipinski definition) is 3. The van der Waals surface area contributed by atoms with Crippen LogP contribution in [-0.2, 0) is 14.3 Å². The average Bonchev–Trinajstić information content (AvgIpc) is 3.13. The van der Waals surface area contributed by atoms with Crippen LogP contribution in [0.5, 0.6) is 0 Å². The minimum atomic E-state index is -1.10. The predicted molar refractivity (Wildman–Crippen MR) is 65.0 cm³/mol. The lowest BCUT2D eigenvalue weighted by Gasteiger charge is -2.32. The van der Waals surface area contributed by atoms with Crippen molar-refractivity contribution in [3.05, 3.63) is 0 Å². The first-order chi connectivity index (χ1) is 8.45. The molecule has 0 radical (unpaired) electrons. The second kappa shape index (κ2) is 4.88. The number of ether oxygens (including phenoxy) is 1. The minimum absolute atomic E-state index is 0.0779. The highest BCUT2D eigenvalue weighted by Crippen LogP contribution is 2.40. The summed E-state index contributed by atoms with van der Waals surface area (Å²) in [5.74, 6) is -0.970. The third-order valence-corrected chi connectivity index (χ3v) is 4.20. The van der Waals surface area contributed by atoms with Gasteiger partial charge in [-0.1, -0.05) is 6.92 Å². The van der Waals surface area contributed by atoms with Crippen molar-refractivity contribution in [1.29, 1.82) is 0 Å². The van der Waals surface area contributed by atoms with Crippen molar-refractivity contribution in [2.75, 3.05) is 13.2 Å². The fraction of sp³-hybridized carbons (Fsp3) is 0.846. The van der Waals surface area contributed by atoms with Gasteiger partial charge in [0.2, 0.25) is 5.91 Å². The number of nitrogens with one attached hydrogen (secondary N) is 1. The topological polar surface area (TPSA) is 75.6 Å². The van der Waals surface area contributed by atoms with Crippen LogP contribution in [0.1, 0.15) is 33.1 Å². The molecule has 1 saturated carbocycles. The van der Waals surface area contributed by atoms with Gasteiger partial charge >= 0.3 is 5.97 Å². The highest BCUT2D eigenvalue weighted by molar-refractivity contribution is 5.88. The number of carbonyl (C=O) groups excluding carboxylic acids is 1. The number of carboxylic acids is 1. The molecule has 0 spiro atoms. The molecule has 18 heavy (non-hydrogen) atoms. The average molecular weight is 255 g/mol. The molecular formula is C13H21NO4. The summed E-state index contributed by atoms with van der Waals surface area (Å²) in [5.41, 5.74) is -1.10. The number of carbonyl (C=O) groups is 2. The van der Waals surface area contributed by atoms with E-state index >= 15 is 0 Å². The van der Waals surface area contributed by atoms with E-state index < -0.39 is 11.5 Å². The van der Waals surface area contributed by atoms with E-state index in [0.29, 0.717) is 19.6 Å². The van der Waals surface area contributed by atoms with E-state index in [1.54, 1.807) is 6.92 Å². The van der Waals surface area contributed by atoms with E-state index in [4.69, 9.17) is 4.74 Å². The summed E-state index contributed by atoms with van der Waals surface area (Å²) in [6.07, 6.45) is 2.44. The molecule has 3 atom stereocenters. The van der Waals surface area contributed by atoms with E-state index in [0.717, 1.165) is 12.8 Å². The van der Waals surface area contributed by atoms with Crippen molar-refractivity contribution in [2.45, 2.75) is 38.6 Å². The first kappa shape index (κ1) is 13.3. The van der Waals surface area contributed by atoms with Crippen molar-refractivity contribution in [1.82, 2.24) is 5.32 Å². The molecule has 1 aliphatic carbocycles. The van der Waals surface area contributed by atoms with Gasteiger partial charge in [0.15, 0.2) is 0 Å². The molecule has 5 nitrogen and oxygen atoms in total. The summed E-state index contributed by atoms with van der Waals surface area (Å²) in [5, 5.41) is 12.1. The van der Waals surface area contributed by atoms with Gasteiger partial charge in [0.05, 0.1) is 0 Å². The van der Waals surface area contributed by atoms with Crippen LogP contribution in [0.2, 0.25) is 0 Å². The SMILES string of the molecule is CC1COCCC1C(=O)NC(C)(C(=O)O)C1CC1. The molecule has 2 fully saturated rings. The second-order valence-corrected chi connectivity index (χ2v) is 5.72. The monoisotopic (exact) mass is 255 g/mol. The Morgan fingerprint density at radius 3 is 2.50 bits per heavy atom. The molecule has 1 amide bonds. The van der Waals surface area contributed by atoms with Crippen molar-refractivity contribution in [2.24, 2.45) is 17.8 Å². The van der Waals surface area contributed by atoms with Gasteiger partial charge in [-0.2, -0.15) is 0 Å². The highest BCUT2D eigenvalue weighted by Gasteiger charge is 2.49. The summed E-state index contributed by atoms with van der Waals surface area (Å²) in [6, 6.07) is 0. The van der Waals surface area contributed by atoms with Crippen LogP contribution in [0.15, 0.2) is 0 Å². The Balaban J connectivity index is 2.02. The van der Waals surface area contributed by atoms with Crippen molar-refractivity contribution in [3.8, 4) is 0 Å². The quantitative estimate of drug-likeness (QED) is 0.786. The van der Waals surface area contributed by atoms with Crippen LogP contribution < -0.4 is 5.32 Å². The standard InChI is InChI=1S/C13H21NO4/c1-8-7-18-6-5-10(8)11(15)14-13(2,12(16)17)9-3-4-9/h8-10H,3-7H2,1-2H3,(H,14,15)(H,16,17). The van der Waals surface area contributed by atoms with Crippen LogP contribution in [0, 0.1) is 17.8 Å². The zero-order valence-electron chi connectivity index (χ0n) is 10.9. The molecule has 0 bridgehead atoms. The Labute approximate surface area is 107 Å². The fourth-order valence-corrected chi connectivity index (χ4v) is 2.61. The van der Waals surface area contributed by atoms with Gasteiger partial charge in [-0.05, 0) is 38.0 Å². The molecule has 0 aromatic rings. The molecule has 2 N–H and O–H groups in total. The van der Waals surface area contributed by atoms with E-state index in [9.17, 15) is 14.7 Å². The van der Waals surface area contributed by atoms with Crippen LogP contribution in [0.25, 0.3) is 0 Å². The Kier molecular flexibility index (Phi) is 3.61. The van der Waals surface area contributed by atoms with Gasteiger partial charge < -0.3 is 15.2 Å². The molecule has 1 heterocycles. The second-order valence-electron chi connectivity index (χ2n) is 5.72. The maximum atomic E-state index is 12.2. The van der Waals surface area contributed by atoms with Crippen molar-refractivity contribution in [3.63, 3.8) is 0 Å². The lowest BCUT2D eigenvalue weighted by molar-refractivity contribution is -0.149. The summed E-state index contributed by atoms with van der Waals surface area (Å²) in [4.78, 5) is 23.6. The Hall–Kier alpha value is -1.10. The number of aliphatic carboxylic acids is 1. The smallest absolute Gasteiger partial charge is 0.329 e. The van der Waals surface area contributed by atoms with Gasteiger partial charge in [0, 0.05) is 19.1 Å². The van der Waals surface area contributed by atoms with E-state index in [1.165, 1.54) is 0 Å². The van der Waals surface area contributed by atoms with Gasteiger partial charge in [0.1, 0.15) is 5.54 Å². The zero-order valence-corrected chi connectivity index (χ0v) is 10.9. The molecule has 0 aromatic heterocycles. The molecule has 2 aliphatic rings. The normalized spacial score (nSPS) is 31.4. The Morgan fingerprint density at radius 1 is 1.33 bits per heavy atom. The first-order valence-corrected chi connectivity index (χ1v) is 6.58. The summed E-state index contributed by atoms with van der Waals surface area (Å²) in [7, 11) is 0. The van der Waals surface area contributed by atoms with Gasteiger partial charge in [-0.3, -0.25) is 4.79 Å². The lowest BCUT2D eigenvalue weighted by atomic mass is 9.87. The largest absolute Gasteiger partial charge is 0.480 e.